The van der Waals surface area contributed by atoms with Crippen LogP contribution in [0.1, 0.15) is 20.7 Å². The fraction of sp³-hybridized carbons (Fsp3) is 0.0769. The molecule has 6 heteroatoms. The Morgan fingerprint density at radius 1 is 0.895 bits per heavy atom. The van der Waals surface area contributed by atoms with E-state index in [-0.39, 0.29) is 18.5 Å². The molecule has 2 heterocycles. The highest BCUT2D eigenvalue weighted by molar-refractivity contribution is 5.95. The summed E-state index contributed by atoms with van der Waals surface area (Å²) in [5, 5.41) is 5.14. The van der Waals surface area contributed by atoms with E-state index in [2.05, 4.69) is 20.6 Å². The summed E-state index contributed by atoms with van der Waals surface area (Å²) in [7, 11) is 0. The second-order valence-corrected chi connectivity index (χ2v) is 3.67. The fourth-order valence-corrected chi connectivity index (χ4v) is 1.40. The molecule has 0 aliphatic rings. The number of hydrogen-bond donors (Lipinski definition) is 2. The molecule has 0 spiro atoms. The summed E-state index contributed by atoms with van der Waals surface area (Å²) in [6.07, 6.45) is 6.08. The average molecular weight is 256 g/mol. The van der Waals surface area contributed by atoms with Crippen LogP contribution >= 0.6 is 0 Å². The summed E-state index contributed by atoms with van der Waals surface area (Å²) < 4.78 is 0. The van der Waals surface area contributed by atoms with Crippen LogP contribution in [0, 0.1) is 0 Å². The number of nitrogens with zero attached hydrogens (tertiary/aromatic N) is 2. The van der Waals surface area contributed by atoms with Crippen molar-refractivity contribution in [3.63, 3.8) is 0 Å². The standard InChI is InChI=1S/C13H12N4O2/c18-12(10-3-1-5-14-7-10)16-9-17-13(19)11-4-2-6-15-8-11/h1-8H,9H2,(H,16,18)(H,17,19). The Kier molecular flexibility index (Phi) is 4.17. The molecule has 0 unspecified atom stereocenters. The lowest BCUT2D eigenvalue weighted by atomic mass is 10.2. The van der Waals surface area contributed by atoms with Crippen molar-refractivity contribution in [1.29, 1.82) is 0 Å². The number of carbonyl (C=O) groups excluding carboxylic acids is 2. The van der Waals surface area contributed by atoms with Gasteiger partial charge in [0.1, 0.15) is 0 Å². The third kappa shape index (κ3) is 3.60. The monoisotopic (exact) mass is 256 g/mol. The molecule has 96 valence electrons. The van der Waals surface area contributed by atoms with Crippen LogP contribution < -0.4 is 10.6 Å². The zero-order chi connectivity index (χ0) is 13.5. The van der Waals surface area contributed by atoms with Gasteiger partial charge in [-0.3, -0.25) is 19.6 Å². The van der Waals surface area contributed by atoms with Crippen molar-refractivity contribution in [2.24, 2.45) is 0 Å². The number of aromatic nitrogens is 2. The minimum absolute atomic E-state index is 0.0431. The molecule has 0 aliphatic carbocycles. The molecular formula is C13H12N4O2. The minimum atomic E-state index is -0.292. The molecule has 0 radical (unpaired) electrons. The Hall–Kier alpha value is -2.76. The van der Waals surface area contributed by atoms with E-state index in [1.165, 1.54) is 12.4 Å². The minimum Gasteiger partial charge on any atom is -0.335 e. The van der Waals surface area contributed by atoms with E-state index < -0.39 is 0 Å². The van der Waals surface area contributed by atoms with Crippen LogP contribution in [0.3, 0.4) is 0 Å². The molecule has 2 rings (SSSR count). The van der Waals surface area contributed by atoms with Crippen LogP contribution in [0.4, 0.5) is 0 Å². The summed E-state index contributed by atoms with van der Waals surface area (Å²) in [5.74, 6) is -0.584. The first-order valence-electron chi connectivity index (χ1n) is 5.64. The lowest BCUT2D eigenvalue weighted by molar-refractivity contribution is 0.0920. The van der Waals surface area contributed by atoms with E-state index in [1.54, 1.807) is 36.7 Å². The Morgan fingerprint density at radius 2 is 1.37 bits per heavy atom. The van der Waals surface area contributed by atoms with E-state index >= 15 is 0 Å². The van der Waals surface area contributed by atoms with Crippen molar-refractivity contribution in [2.45, 2.75) is 0 Å². The Morgan fingerprint density at radius 3 is 1.74 bits per heavy atom. The Labute approximate surface area is 109 Å². The largest absolute Gasteiger partial charge is 0.335 e. The van der Waals surface area contributed by atoms with Gasteiger partial charge in [0.15, 0.2) is 0 Å². The van der Waals surface area contributed by atoms with Crippen LogP contribution in [0.5, 0.6) is 0 Å². The number of hydrogen-bond acceptors (Lipinski definition) is 4. The predicted octanol–water partition coefficient (Wildman–Crippen LogP) is 0.594. The number of nitrogens with one attached hydrogen (secondary N) is 2. The predicted molar refractivity (Wildman–Crippen MR) is 68.3 cm³/mol. The lowest BCUT2D eigenvalue weighted by Crippen LogP contribution is -2.37. The maximum absolute atomic E-state index is 11.6. The van der Waals surface area contributed by atoms with E-state index in [4.69, 9.17) is 0 Å². The zero-order valence-corrected chi connectivity index (χ0v) is 10.0. The van der Waals surface area contributed by atoms with Crippen LogP contribution in [-0.4, -0.2) is 28.5 Å². The molecule has 0 aliphatic heterocycles. The van der Waals surface area contributed by atoms with Crippen LogP contribution in [0.2, 0.25) is 0 Å². The second-order valence-electron chi connectivity index (χ2n) is 3.67. The van der Waals surface area contributed by atoms with Crippen LogP contribution in [-0.2, 0) is 0 Å². The van der Waals surface area contributed by atoms with Crippen molar-refractivity contribution < 1.29 is 9.59 Å². The third-order valence-corrected chi connectivity index (χ3v) is 2.35. The molecule has 0 saturated carbocycles. The summed E-state index contributed by atoms with van der Waals surface area (Å²) in [6, 6.07) is 6.63. The number of rotatable bonds is 4. The highest BCUT2D eigenvalue weighted by Crippen LogP contribution is 1.95. The van der Waals surface area contributed by atoms with Gasteiger partial charge in [-0.1, -0.05) is 0 Å². The van der Waals surface area contributed by atoms with Gasteiger partial charge in [0.2, 0.25) is 0 Å². The van der Waals surface area contributed by atoms with Gasteiger partial charge in [-0.15, -0.1) is 0 Å². The first-order chi connectivity index (χ1) is 9.27. The van der Waals surface area contributed by atoms with E-state index in [9.17, 15) is 9.59 Å². The Bertz CT molecular complexity index is 506. The number of carbonyl (C=O) groups is 2. The second kappa shape index (κ2) is 6.25. The zero-order valence-electron chi connectivity index (χ0n) is 10.0. The van der Waals surface area contributed by atoms with Crippen molar-refractivity contribution in [1.82, 2.24) is 20.6 Å². The number of pyridine rings is 2. The normalized spacial score (nSPS) is 9.68. The van der Waals surface area contributed by atoms with E-state index in [0.29, 0.717) is 11.1 Å². The molecule has 0 saturated heterocycles. The highest BCUT2D eigenvalue weighted by atomic mass is 16.2. The van der Waals surface area contributed by atoms with E-state index in [0.717, 1.165) is 0 Å². The van der Waals surface area contributed by atoms with Gasteiger partial charge in [0.05, 0.1) is 17.8 Å². The smallest absolute Gasteiger partial charge is 0.254 e. The van der Waals surface area contributed by atoms with Gasteiger partial charge in [-0.2, -0.15) is 0 Å². The maximum atomic E-state index is 11.6. The molecule has 2 N–H and O–H groups in total. The van der Waals surface area contributed by atoms with Gasteiger partial charge < -0.3 is 10.6 Å². The molecule has 0 bridgehead atoms. The fourth-order valence-electron chi connectivity index (χ4n) is 1.40. The first-order valence-corrected chi connectivity index (χ1v) is 5.64. The van der Waals surface area contributed by atoms with Crippen LogP contribution in [0.15, 0.2) is 49.1 Å². The molecular weight excluding hydrogens is 244 g/mol. The van der Waals surface area contributed by atoms with Crippen molar-refractivity contribution in [3.8, 4) is 0 Å². The van der Waals surface area contributed by atoms with Crippen molar-refractivity contribution in [3.05, 3.63) is 60.2 Å². The van der Waals surface area contributed by atoms with Gasteiger partial charge in [-0.25, -0.2) is 0 Å². The topological polar surface area (TPSA) is 84.0 Å². The van der Waals surface area contributed by atoms with Gasteiger partial charge in [0, 0.05) is 24.8 Å². The summed E-state index contributed by atoms with van der Waals surface area (Å²) in [5.41, 5.74) is 0.885. The molecule has 0 aromatic carbocycles. The molecule has 2 amide bonds. The molecule has 0 atom stereocenters. The SMILES string of the molecule is O=C(NCNC(=O)c1cccnc1)c1cccnc1. The molecule has 0 fully saturated rings. The highest BCUT2D eigenvalue weighted by Gasteiger charge is 2.06. The maximum Gasteiger partial charge on any atom is 0.254 e. The Balaban J connectivity index is 1.81. The summed E-state index contributed by atoms with van der Waals surface area (Å²) in [4.78, 5) is 31.0. The van der Waals surface area contributed by atoms with Crippen LogP contribution in [0.25, 0.3) is 0 Å². The third-order valence-electron chi connectivity index (χ3n) is 2.35. The molecule has 2 aromatic rings. The van der Waals surface area contributed by atoms with Gasteiger partial charge in [-0.05, 0) is 24.3 Å². The molecule has 2 aromatic heterocycles. The number of amides is 2. The van der Waals surface area contributed by atoms with E-state index in [1.807, 2.05) is 0 Å². The lowest BCUT2D eigenvalue weighted by Gasteiger charge is -2.06. The first kappa shape index (κ1) is 12.7. The summed E-state index contributed by atoms with van der Waals surface area (Å²) >= 11 is 0. The van der Waals surface area contributed by atoms with Gasteiger partial charge in [0.25, 0.3) is 11.8 Å². The van der Waals surface area contributed by atoms with Crippen molar-refractivity contribution in [2.75, 3.05) is 6.67 Å². The van der Waals surface area contributed by atoms with Crippen molar-refractivity contribution >= 4 is 11.8 Å². The average Bonchev–Trinajstić information content (AvgIpc) is 2.49. The molecule has 19 heavy (non-hydrogen) atoms. The van der Waals surface area contributed by atoms with Gasteiger partial charge >= 0.3 is 0 Å². The molecule has 6 nitrogen and oxygen atoms in total. The summed E-state index contributed by atoms with van der Waals surface area (Å²) in [6.45, 7) is 0.0431. The quantitative estimate of drug-likeness (QED) is 0.784.